The molecule has 6 nitrogen and oxygen atoms in total. The number of aryl methyl sites for hydroxylation is 1. The number of ether oxygens (including phenoxy) is 2. The lowest BCUT2D eigenvalue weighted by molar-refractivity contribution is 0.354. The molecule has 0 radical (unpaired) electrons. The Hall–Kier alpha value is -2.28. The Morgan fingerprint density at radius 1 is 1.29 bits per heavy atom. The van der Waals surface area contributed by atoms with E-state index in [1.165, 1.54) is 4.88 Å². The summed E-state index contributed by atoms with van der Waals surface area (Å²) < 4.78 is 10.5. The number of rotatable bonds is 8. The predicted octanol–water partition coefficient (Wildman–Crippen LogP) is 2.37. The Balaban J connectivity index is 1.82. The second-order valence-electron chi connectivity index (χ2n) is 5.14. The highest BCUT2D eigenvalue weighted by Crippen LogP contribution is 2.27. The molecule has 0 fully saturated rings. The zero-order valence-electron chi connectivity index (χ0n) is 14.3. The molecule has 0 atom stereocenters. The van der Waals surface area contributed by atoms with Crippen molar-refractivity contribution in [2.75, 3.05) is 20.8 Å². The first-order chi connectivity index (χ1) is 11.7. The third-order valence-electron chi connectivity index (χ3n) is 3.47. The van der Waals surface area contributed by atoms with Gasteiger partial charge in [0.05, 0.1) is 25.8 Å². The Kier molecular flexibility index (Phi) is 6.87. The van der Waals surface area contributed by atoms with E-state index in [0.717, 1.165) is 30.0 Å². The number of hydrogen-bond acceptors (Lipinski definition) is 5. The van der Waals surface area contributed by atoms with E-state index >= 15 is 0 Å². The van der Waals surface area contributed by atoms with Crippen LogP contribution >= 0.6 is 11.3 Å². The number of aromatic nitrogens is 1. The highest BCUT2D eigenvalue weighted by molar-refractivity contribution is 7.11. The number of methoxy groups -OCH3 is 2. The average molecular weight is 348 g/mol. The Morgan fingerprint density at radius 3 is 2.75 bits per heavy atom. The molecule has 0 saturated heterocycles. The molecule has 0 unspecified atom stereocenters. The SMILES string of the molecule is CCc1cnc(CCNC(N)=NCc2ccc(OC)c(OC)c2)s1. The van der Waals surface area contributed by atoms with E-state index in [-0.39, 0.29) is 0 Å². The first kappa shape index (κ1) is 18.1. The van der Waals surface area contributed by atoms with Crippen molar-refractivity contribution in [1.82, 2.24) is 10.3 Å². The number of benzene rings is 1. The van der Waals surface area contributed by atoms with Gasteiger partial charge in [0, 0.05) is 24.0 Å². The van der Waals surface area contributed by atoms with E-state index in [9.17, 15) is 0 Å². The summed E-state index contributed by atoms with van der Waals surface area (Å²) in [4.78, 5) is 10.0. The zero-order valence-corrected chi connectivity index (χ0v) is 15.2. The van der Waals surface area contributed by atoms with Gasteiger partial charge < -0.3 is 20.5 Å². The predicted molar refractivity (Wildman–Crippen MR) is 98.1 cm³/mol. The molecule has 0 bridgehead atoms. The van der Waals surface area contributed by atoms with Gasteiger partial charge in [-0.15, -0.1) is 11.3 Å². The molecule has 0 aliphatic heterocycles. The molecule has 1 heterocycles. The van der Waals surface area contributed by atoms with Gasteiger partial charge in [-0.1, -0.05) is 13.0 Å². The number of nitrogens with one attached hydrogen (secondary N) is 1. The van der Waals surface area contributed by atoms with Crippen LogP contribution in [-0.4, -0.2) is 31.7 Å². The van der Waals surface area contributed by atoms with Crippen LogP contribution in [0.25, 0.3) is 0 Å². The third-order valence-corrected chi connectivity index (χ3v) is 4.68. The van der Waals surface area contributed by atoms with Gasteiger partial charge in [0.1, 0.15) is 0 Å². The van der Waals surface area contributed by atoms with Gasteiger partial charge in [-0.2, -0.15) is 0 Å². The largest absolute Gasteiger partial charge is 0.493 e. The molecule has 0 saturated carbocycles. The molecule has 1 aromatic carbocycles. The quantitative estimate of drug-likeness (QED) is 0.565. The summed E-state index contributed by atoms with van der Waals surface area (Å²) in [5.74, 6) is 1.82. The smallest absolute Gasteiger partial charge is 0.188 e. The standard InChI is InChI=1S/C17H24N4O2S/c1-4-13-11-20-16(24-13)7-8-19-17(18)21-10-12-5-6-14(22-2)15(9-12)23-3/h5-6,9,11H,4,7-8,10H2,1-3H3,(H3,18,19,21). The molecule has 24 heavy (non-hydrogen) atoms. The molecular formula is C17H24N4O2S. The van der Waals surface area contributed by atoms with Crippen molar-refractivity contribution in [2.24, 2.45) is 10.7 Å². The van der Waals surface area contributed by atoms with Gasteiger partial charge in [-0.25, -0.2) is 9.98 Å². The minimum Gasteiger partial charge on any atom is -0.493 e. The van der Waals surface area contributed by atoms with Gasteiger partial charge in [0.25, 0.3) is 0 Å². The van der Waals surface area contributed by atoms with E-state index in [0.29, 0.717) is 24.0 Å². The molecule has 3 N–H and O–H groups in total. The second kappa shape index (κ2) is 9.12. The molecule has 7 heteroatoms. The van der Waals surface area contributed by atoms with Crippen molar-refractivity contribution < 1.29 is 9.47 Å². The molecule has 130 valence electrons. The Labute approximate surface area is 146 Å². The molecule has 0 aliphatic carbocycles. The molecule has 0 amide bonds. The number of aliphatic imine (C=N–C) groups is 1. The van der Waals surface area contributed by atoms with Gasteiger partial charge >= 0.3 is 0 Å². The summed E-state index contributed by atoms with van der Waals surface area (Å²) >= 11 is 1.74. The molecule has 0 spiro atoms. The normalized spacial score (nSPS) is 11.4. The minimum absolute atomic E-state index is 0.428. The van der Waals surface area contributed by atoms with E-state index in [1.807, 2.05) is 24.4 Å². The molecule has 2 rings (SSSR count). The van der Waals surface area contributed by atoms with Gasteiger partial charge in [0.2, 0.25) is 0 Å². The van der Waals surface area contributed by atoms with Crippen LogP contribution in [0.3, 0.4) is 0 Å². The molecular weight excluding hydrogens is 324 g/mol. The second-order valence-corrected chi connectivity index (χ2v) is 6.34. The summed E-state index contributed by atoms with van der Waals surface area (Å²) in [5.41, 5.74) is 6.91. The topological polar surface area (TPSA) is 81.8 Å². The van der Waals surface area contributed by atoms with E-state index in [4.69, 9.17) is 15.2 Å². The van der Waals surface area contributed by atoms with Crippen molar-refractivity contribution in [3.63, 3.8) is 0 Å². The number of hydrogen-bond donors (Lipinski definition) is 2. The first-order valence-electron chi connectivity index (χ1n) is 7.84. The van der Waals surface area contributed by atoms with Crippen LogP contribution in [0.15, 0.2) is 29.4 Å². The van der Waals surface area contributed by atoms with Crippen molar-refractivity contribution in [3.05, 3.63) is 39.8 Å². The van der Waals surface area contributed by atoms with Crippen LogP contribution in [-0.2, 0) is 19.4 Å². The lowest BCUT2D eigenvalue weighted by atomic mass is 10.2. The maximum absolute atomic E-state index is 5.91. The summed E-state index contributed by atoms with van der Waals surface area (Å²) in [5, 5.41) is 4.24. The fraction of sp³-hybridized carbons (Fsp3) is 0.412. The van der Waals surface area contributed by atoms with Gasteiger partial charge in [0.15, 0.2) is 17.5 Å². The summed E-state index contributed by atoms with van der Waals surface area (Å²) in [7, 11) is 3.23. The first-order valence-corrected chi connectivity index (χ1v) is 8.66. The van der Waals surface area contributed by atoms with Crippen molar-refractivity contribution in [1.29, 1.82) is 0 Å². The van der Waals surface area contributed by atoms with Crippen LogP contribution in [0.4, 0.5) is 0 Å². The van der Waals surface area contributed by atoms with Crippen LogP contribution in [0.5, 0.6) is 11.5 Å². The number of thiazole rings is 1. The fourth-order valence-corrected chi connectivity index (χ4v) is 3.00. The van der Waals surface area contributed by atoms with Crippen LogP contribution < -0.4 is 20.5 Å². The number of nitrogens with two attached hydrogens (primary N) is 1. The van der Waals surface area contributed by atoms with Crippen LogP contribution in [0.2, 0.25) is 0 Å². The van der Waals surface area contributed by atoms with Crippen molar-refractivity contribution in [2.45, 2.75) is 26.3 Å². The third kappa shape index (κ3) is 5.13. The Bertz CT molecular complexity index is 685. The maximum Gasteiger partial charge on any atom is 0.188 e. The molecule has 1 aromatic heterocycles. The van der Waals surface area contributed by atoms with Crippen LogP contribution in [0, 0.1) is 0 Å². The summed E-state index contributed by atoms with van der Waals surface area (Å²) in [6.07, 6.45) is 3.81. The summed E-state index contributed by atoms with van der Waals surface area (Å²) in [6, 6.07) is 5.71. The highest BCUT2D eigenvalue weighted by atomic mass is 32.1. The van der Waals surface area contributed by atoms with Crippen LogP contribution in [0.1, 0.15) is 22.4 Å². The monoisotopic (exact) mass is 348 g/mol. The fourth-order valence-electron chi connectivity index (χ4n) is 2.14. The lowest BCUT2D eigenvalue weighted by Gasteiger charge is -2.09. The maximum atomic E-state index is 5.91. The molecule has 0 aliphatic rings. The Morgan fingerprint density at radius 2 is 2.08 bits per heavy atom. The van der Waals surface area contributed by atoms with Gasteiger partial charge in [-0.05, 0) is 24.1 Å². The highest BCUT2D eigenvalue weighted by Gasteiger charge is 2.04. The van der Waals surface area contributed by atoms with Crippen molar-refractivity contribution >= 4 is 17.3 Å². The number of nitrogens with zero attached hydrogens (tertiary/aromatic N) is 2. The van der Waals surface area contributed by atoms with E-state index < -0.39 is 0 Å². The van der Waals surface area contributed by atoms with Gasteiger partial charge in [-0.3, -0.25) is 0 Å². The lowest BCUT2D eigenvalue weighted by Crippen LogP contribution is -2.33. The average Bonchev–Trinajstić information content (AvgIpc) is 3.07. The van der Waals surface area contributed by atoms with E-state index in [2.05, 4.69) is 22.2 Å². The summed E-state index contributed by atoms with van der Waals surface area (Å²) in [6.45, 7) is 3.34. The molecule has 2 aromatic rings. The van der Waals surface area contributed by atoms with Crippen molar-refractivity contribution in [3.8, 4) is 11.5 Å². The zero-order chi connectivity index (χ0) is 17.4. The van der Waals surface area contributed by atoms with E-state index in [1.54, 1.807) is 25.6 Å². The minimum atomic E-state index is 0.428. The number of guanidine groups is 1.